The van der Waals surface area contributed by atoms with E-state index in [4.69, 9.17) is 5.73 Å². The van der Waals surface area contributed by atoms with Crippen LogP contribution in [0.3, 0.4) is 0 Å². The Morgan fingerprint density at radius 2 is 2.32 bits per heavy atom. The van der Waals surface area contributed by atoms with Gasteiger partial charge in [-0.05, 0) is 37.3 Å². The number of rotatable bonds is 1. The first-order chi connectivity index (χ1) is 9.20. The molecule has 1 unspecified atom stereocenters. The van der Waals surface area contributed by atoms with Gasteiger partial charge in [0.05, 0.1) is 17.3 Å². The van der Waals surface area contributed by atoms with Crippen LogP contribution < -0.4 is 5.73 Å². The van der Waals surface area contributed by atoms with Crippen molar-refractivity contribution in [2.24, 2.45) is 0 Å². The molecule has 3 nitrogen and oxygen atoms in total. The van der Waals surface area contributed by atoms with E-state index >= 15 is 0 Å². The molecule has 1 aromatic carbocycles. The maximum Gasteiger partial charge on any atom is 0.180 e. The normalized spacial score (nSPS) is 17.8. The molecule has 1 heterocycles. The molecule has 1 aliphatic rings. The van der Waals surface area contributed by atoms with Gasteiger partial charge in [-0.2, -0.15) is 5.26 Å². The number of aryl methyl sites for hydroxylation is 2. The second kappa shape index (κ2) is 4.67. The second-order valence-corrected chi connectivity index (χ2v) is 6.02. The van der Waals surface area contributed by atoms with Crippen molar-refractivity contribution in [2.45, 2.75) is 32.1 Å². The molecule has 0 aliphatic heterocycles. The Morgan fingerprint density at radius 3 is 3.11 bits per heavy atom. The highest BCUT2D eigenvalue weighted by Gasteiger charge is 2.27. The molecule has 1 aliphatic carbocycles. The topological polar surface area (TPSA) is 62.7 Å². The molecule has 0 fully saturated rings. The molecule has 4 heteroatoms. The van der Waals surface area contributed by atoms with Crippen LogP contribution in [0.4, 0.5) is 5.13 Å². The molecule has 1 atom stereocenters. The van der Waals surface area contributed by atoms with Crippen LogP contribution in [0, 0.1) is 18.3 Å². The van der Waals surface area contributed by atoms with E-state index in [1.54, 1.807) is 11.3 Å². The average Bonchev–Trinajstić information content (AvgIpc) is 2.78. The summed E-state index contributed by atoms with van der Waals surface area (Å²) >= 11 is 1.58. The first kappa shape index (κ1) is 12.2. The van der Waals surface area contributed by atoms with Crippen molar-refractivity contribution in [1.29, 1.82) is 5.26 Å². The number of nitrogen functional groups attached to an aromatic ring is 1. The summed E-state index contributed by atoms with van der Waals surface area (Å²) in [5, 5.41) is 10.0. The van der Waals surface area contributed by atoms with Gasteiger partial charge >= 0.3 is 0 Å². The summed E-state index contributed by atoms with van der Waals surface area (Å²) in [4.78, 5) is 5.67. The van der Waals surface area contributed by atoms with Gasteiger partial charge in [0, 0.05) is 10.8 Å². The van der Waals surface area contributed by atoms with Crippen LogP contribution in [0.2, 0.25) is 0 Å². The Morgan fingerprint density at radius 1 is 1.47 bits per heavy atom. The lowest BCUT2D eigenvalue weighted by Gasteiger charge is -2.23. The van der Waals surface area contributed by atoms with Crippen molar-refractivity contribution in [3.8, 4) is 6.07 Å². The van der Waals surface area contributed by atoms with E-state index in [-0.39, 0.29) is 5.92 Å². The van der Waals surface area contributed by atoms with Crippen molar-refractivity contribution < 1.29 is 0 Å². The number of nitriles is 1. The van der Waals surface area contributed by atoms with Crippen molar-refractivity contribution in [3.05, 3.63) is 45.5 Å². The van der Waals surface area contributed by atoms with Gasteiger partial charge in [-0.15, -0.1) is 11.3 Å². The fourth-order valence-electron chi connectivity index (χ4n) is 2.87. The van der Waals surface area contributed by atoms with Gasteiger partial charge in [-0.1, -0.05) is 18.2 Å². The summed E-state index contributed by atoms with van der Waals surface area (Å²) in [6.07, 6.45) is 3.19. The standard InChI is InChI=1S/C15H15N3S/c1-9-4-2-5-10(12(9)8-16)11-6-3-7-13-14(11)19-15(17)18-13/h2,4-5,11H,3,6-7H2,1H3,(H2,17,18). The van der Waals surface area contributed by atoms with Gasteiger partial charge in [0.2, 0.25) is 0 Å². The predicted octanol–water partition coefficient (Wildman–Crippen LogP) is 3.37. The van der Waals surface area contributed by atoms with E-state index in [2.05, 4.69) is 17.1 Å². The lowest BCUT2D eigenvalue weighted by molar-refractivity contribution is 0.616. The summed E-state index contributed by atoms with van der Waals surface area (Å²) in [5.74, 6) is 0.285. The van der Waals surface area contributed by atoms with E-state index in [0.717, 1.165) is 41.6 Å². The molecule has 2 aromatic rings. The molecule has 0 amide bonds. The molecule has 19 heavy (non-hydrogen) atoms. The molecular weight excluding hydrogens is 254 g/mol. The highest BCUT2D eigenvalue weighted by atomic mass is 32.1. The lowest BCUT2D eigenvalue weighted by Crippen LogP contribution is -2.11. The molecule has 3 rings (SSSR count). The number of thiazole rings is 1. The minimum atomic E-state index is 0.285. The van der Waals surface area contributed by atoms with Gasteiger partial charge in [-0.3, -0.25) is 0 Å². The average molecular weight is 269 g/mol. The summed E-state index contributed by atoms with van der Waals surface area (Å²) in [6, 6.07) is 8.45. The van der Waals surface area contributed by atoms with E-state index in [9.17, 15) is 5.26 Å². The zero-order valence-electron chi connectivity index (χ0n) is 10.8. The molecule has 0 saturated heterocycles. The Kier molecular flexibility index (Phi) is 3.00. The first-order valence-corrected chi connectivity index (χ1v) is 7.27. The third-order valence-corrected chi connectivity index (χ3v) is 4.80. The van der Waals surface area contributed by atoms with Crippen molar-refractivity contribution in [2.75, 3.05) is 5.73 Å². The Bertz CT molecular complexity index is 667. The smallest absolute Gasteiger partial charge is 0.180 e. The van der Waals surface area contributed by atoms with Crippen LogP contribution in [0.5, 0.6) is 0 Å². The number of fused-ring (bicyclic) bond motifs is 1. The number of hydrogen-bond donors (Lipinski definition) is 1. The Labute approximate surface area is 116 Å². The van der Waals surface area contributed by atoms with E-state index in [0.29, 0.717) is 5.13 Å². The molecular formula is C15H15N3S. The molecule has 0 spiro atoms. The molecule has 2 N–H and O–H groups in total. The fourth-order valence-corrected chi connectivity index (χ4v) is 3.90. The van der Waals surface area contributed by atoms with E-state index < -0.39 is 0 Å². The van der Waals surface area contributed by atoms with E-state index in [1.165, 1.54) is 4.88 Å². The zero-order valence-corrected chi connectivity index (χ0v) is 11.6. The minimum Gasteiger partial charge on any atom is -0.375 e. The van der Waals surface area contributed by atoms with Gasteiger partial charge in [0.25, 0.3) is 0 Å². The molecule has 0 saturated carbocycles. The van der Waals surface area contributed by atoms with Crippen LogP contribution >= 0.6 is 11.3 Å². The highest BCUT2D eigenvalue weighted by Crippen LogP contribution is 2.42. The monoisotopic (exact) mass is 269 g/mol. The largest absolute Gasteiger partial charge is 0.375 e. The SMILES string of the molecule is Cc1cccc(C2CCCc3nc(N)sc32)c1C#N. The van der Waals surface area contributed by atoms with Crippen molar-refractivity contribution >= 4 is 16.5 Å². The van der Waals surface area contributed by atoms with Gasteiger partial charge < -0.3 is 5.73 Å². The number of nitrogens with zero attached hydrogens (tertiary/aromatic N) is 2. The predicted molar refractivity (Wildman–Crippen MR) is 77.2 cm³/mol. The third-order valence-electron chi connectivity index (χ3n) is 3.76. The van der Waals surface area contributed by atoms with Crippen molar-refractivity contribution in [3.63, 3.8) is 0 Å². The number of aromatic nitrogens is 1. The number of benzene rings is 1. The lowest BCUT2D eigenvalue weighted by atomic mass is 9.83. The fraction of sp³-hybridized carbons (Fsp3) is 0.333. The minimum absolute atomic E-state index is 0.285. The third kappa shape index (κ3) is 2.00. The number of nitrogens with two attached hydrogens (primary N) is 1. The van der Waals surface area contributed by atoms with Gasteiger partial charge in [-0.25, -0.2) is 4.98 Å². The summed E-state index contributed by atoms with van der Waals surface area (Å²) in [6.45, 7) is 1.99. The number of anilines is 1. The van der Waals surface area contributed by atoms with Crippen LogP contribution in [0.15, 0.2) is 18.2 Å². The quantitative estimate of drug-likeness (QED) is 0.863. The van der Waals surface area contributed by atoms with E-state index in [1.807, 2.05) is 19.1 Å². The molecule has 1 aromatic heterocycles. The van der Waals surface area contributed by atoms with Crippen LogP contribution in [0.1, 0.15) is 46.0 Å². The summed E-state index contributed by atoms with van der Waals surface area (Å²) < 4.78 is 0. The van der Waals surface area contributed by atoms with Crippen LogP contribution in [-0.4, -0.2) is 4.98 Å². The van der Waals surface area contributed by atoms with Crippen LogP contribution in [0.25, 0.3) is 0 Å². The molecule has 0 radical (unpaired) electrons. The number of hydrogen-bond acceptors (Lipinski definition) is 4. The summed E-state index contributed by atoms with van der Waals surface area (Å²) in [7, 11) is 0. The molecule has 96 valence electrons. The summed E-state index contributed by atoms with van der Waals surface area (Å²) in [5.41, 5.74) is 9.96. The maximum absolute atomic E-state index is 9.40. The second-order valence-electron chi connectivity index (χ2n) is 4.96. The van der Waals surface area contributed by atoms with Gasteiger partial charge in [0.1, 0.15) is 0 Å². The first-order valence-electron chi connectivity index (χ1n) is 6.45. The van der Waals surface area contributed by atoms with Crippen molar-refractivity contribution in [1.82, 2.24) is 4.98 Å². The maximum atomic E-state index is 9.40. The highest BCUT2D eigenvalue weighted by molar-refractivity contribution is 7.15. The molecule has 0 bridgehead atoms. The zero-order chi connectivity index (χ0) is 13.4. The Hall–Kier alpha value is -1.86. The van der Waals surface area contributed by atoms with Crippen LogP contribution in [-0.2, 0) is 6.42 Å². The Balaban J connectivity index is 2.14. The van der Waals surface area contributed by atoms with Gasteiger partial charge in [0.15, 0.2) is 5.13 Å².